The molecule has 0 saturated carbocycles. The van der Waals surface area contributed by atoms with E-state index < -0.39 is 10.8 Å². The molecule has 1 aliphatic heterocycles. The van der Waals surface area contributed by atoms with Gasteiger partial charge in [0.05, 0.1) is 22.6 Å². The van der Waals surface area contributed by atoms with Crippen molar-refractivity contribution in [3.05, 3.63) is 111 Å². The summed E-state index contributed by atoms with van der Waals surface area (Å²) in [5.41, 5.74) is 1.31. The molecule has 10 heteroatoms. The molecule has 0 unspecified atom stereocenters. The number of imide groups is 1. The maximum Gasteiger partial charge on any atom is 0.270 e. The van der Waals surface area contributed by atoms with Crippen molar-refractivity contribution in [1.29, 1.82) is 0 Å². The van der Waals surface area contributed by atoms with Gasteiger partial charge in [-0.2, -0.15) is 0 Å². The number of carbonyl (C=O) groups excluding carboxylic acids is 3. The molecule has 0 N–H and O–H groups in total. The number of ether oxygens (including phenoxy) is 1. The summed E-state index contributed by atoms with van der Waals surface area (Å²) in [5.74, 6) is -0.654. The molecule has 0 aliphatic carbocycles. The minimum atomic E-state index is -0.591. The van der Waals surface area contributed by atoms with E-state index in [1.54, 1.807) is 48.5 Å². The Bertz CT molecular complexity index is 1590. The molecular weight excluding hydrogens is 522 g/mol. The molecule has 5 rings (SSSR count). The molecule has 196 valence electrons. The number of carbonyl (C=O) groups is 3. The lowest BCUT2D eigenvalue weighted by molar-refractivity contribution is -0.384. The van der Waals surface area contributed by atoms with Gasteiger partial charge in [0, 0.05) is 47.4 Å². The third-order valence-corrected chi connectivity index (χ3v) is 6.96. The van der Waals surface area contributed by atoms with Crippen molar-refractivity contribution in [3.63, 3.8) is 0 Å². The second-order valence-electron chi connectivity index (χ2n) is 8.90. The number of amides is 3. The second kappa shape index (κ2) is 10.5. The van der Waals surface area contributed by atoms with Gasteiger partial charge in [0.25, 0.3) is 23.4 Å². The van der Waals surface area contributed by atoms with Crippen LogP contribution in [0.5, 0.6) is 5.75 Å². The fourth-order valence-corrected chi connectivity index (χ4v) is 4.97. The molecule has 4 aromatic rings. The van der Waals surface area contributed by atoms with Crippen LogP contribution in [0.4, 0.5) is 11.4 Å². The molecular formula is C29H22ClN3O6. The molecule has 0 radical (unpaired) electrons. The Labute approximate surface area is 228 Å². The van der Waals surface area contributed by atoms with Crippen LogP contribution < -0.4 is 9.64 Å². The Hall–Kier alpha value is -4.76. The quantitative estimate of drug-likeness (QED) is 0.159. The number of methoxy groups -OCH3 is 1. The summed E-state index contributed by atoms with van der Waals surface area (Å²) >= 11 is 6.26. The highest BCUT2D eigenvalue weighted by Crippen LogP contribution is 2.31. The molecule has 9 nitrogen and oxygen atoms in total. The van der Waals surface area contributed by atoms with E-state index in [0.29, 0.717) is 28.0 Å². The van der Waals surface area contributed by atoms with Crippen LogP contribution >= 0.6 is 11.6 Å². The molecule has 3 amide bonds. The third kappa shape index (κ3) is 4.80. The average molecular weight is 544 g/mol. The summed E-state index contributed by atoms with van der Waals surface area (Å²) in [6.45, 7) is 0.220. The smallest absolute Gasteiger partial charge is 0.270 e. The Balaban J connectivity index is 1.40. The van der Waals surface area contributed by atoms with Gasteiger partial charge in [0.1, 0.15) is 5.75 Å². The van der Waals surface area contributed by atoms with Crippen LogP contribution in [0.15, 0.2) is 78.9 Å². The fraction of sp³-hybridized carbons (Fsp3) is 0.138. The van der Waals surface area contributed by atoms with Crippen LogP contribution in [0.25, 0.3) is 10.8 Å². The van der Waals surface area contributed by atoms with Crippen LogP contribution in [-0.4, -0.2) is 47.7 Å². The zero-order valence-electron chi connectivity index (χ0n) is 20.8. The van der Waals surface area contributed by atoms with Crippen LogP contribution in [0, 0.1) is 10.1 Å². The average Bonchev–Trinajstić information content (AvgIpc) is 2.95. The van der Waals surface area contributed by atoms with Crippen molar-refractivity contribution in [1.82, 2.24) is 4.90 Å². The van der Waals surface area contributed by atoms with Crippen molar-refractivity contribution in [2.45, 2.75) is 6.42 Å². The summed E-state index contributed by atoms with van der Waals surface area (Å²) in [6.07, 6.45) is 0.276. The van der Waals surface area contributed by atoms with Gasteiger partial charge in [-0.25, -0.2) is 0 Å². The van der Waals surface area contributed by atoms with E-state index in [4.69, 9.17) is 16.3 Å². The number of hydrogen-bond acceptors (Lipinski definition) is 6. The molecule has 1 aliphatic rings. The molecule has 0 saturated heterocycles. The van der Waals surface area contributed by atoms with Gasteiger partial charge < -0.3 is 9.64 Å². The summed E-state index contributed by atoms with van der Waals surface area (Å²) in [6, 6.07) is 21.2. The van der Waals surface area contributed by atoms with Crippen molar-refractivity contribution < 1.29 is 24.0 Å². The SMILES string of the molecule is COc1ccc(N(CCCN2C(=O)c3cccc4cccc(c34)C2=O)C(=O)c2ccc([N+](=O)[O-])cc2Cl)cc1. The molecule has 4 aromatic carbocycles. The minimum absolute atomic E-state index is 0.0567. The number of anilines is 1. The van der Waals surface area contributed by atoms with E-state index in [0.717, 1.165) is 11.5 Å². The van der Waals surface area contributed by atoms with Crippen LogP contribution in [0.3, 0.4) is 0 Å². The van der Waals surface area contributed by atoms with Gasteiger partial charge in [-0.15, -0.1) is 0 Å². The number of nitro benzene ring substituents is 1. The topological polar surface area (TPSA) is 110 Å². The number of benzene rings is 4. The Kier molecular flexibility index (Phi) is 7.00. The maximum atomic E-state index is 13.6. The lowest BCUT2D eigenvalue weighted by Crippen LogP contribution is -2.42. The summed E-state index contributed by atoms with van der Waals surface area (Å²) in [7, 11) is 1.53. The number of hydrogen-bond donors (Lipinski definition) is 0. The maximum absolute atomic E-state index is 13.6. The van der Waals surface area contributed by atoms with Gasteiger partial charge in [-0.3, -0.25) is 29.4 Å². The summed E-state index contributed by atoms with van der Waals surface area (Å²) in [5, 5.41) is 12.5. The number of halogens is 1. The predicted molar refractivity (Wildman–Crippen MR) is 147 cm³/mol. The standard InChI is InChI=1S/C29H22ClN3O6/c1-39-21-12-9-19(10-13-21)31(27(34)22-14-11-20(33(37)38)17-25(22)30)15-4-16-32-28(35)23-7-2-5-18-6-3-8-24(26(18)23)29(32)36/h2-3,5-14,17H,4,15-16H2,1H3. The second-order valence-corrected chi connectivity index (χ2v) is 9.31. The molecule has 0 spiro atoms. The van der Waals surface area contributed by atoms with E-state index in [2.05, 4.69) is 0 Å². The Morgan fingerprint density at radius 2 is 1.62 bits per heavy atom. The molecule has 0 fully saturated rings. The predicted octanol–water partition coefficient (Wildman–Crippen LogP) is 5.74. The minimum Gasteiger partial charge on any atom is -0.497 e. The first kappa shape index (κ1) is 25.9. The Morgan fingerprint density at radius 3 is 2.18 bits per heavy atom. The molecule has 0 aromatic heterocycles. The lowest BCUT2D eigenvalue weighted by Gasteiger charge is -2.29. The van der Waals surface area contributed by atoms with Crippen molar-refractivity contribution in [3.8, 4) is 5.75 Å². The highest BCUT2D eigenvalue weighted by Gasteiger charge is 2.32. The largest absolute Gasteiger partial charge is 0.497 e. The van der Waals surface area contributed by atoms with Gasteiger partial charge in [-0.05, 0) is 54.3 Å². The first-order chi connectivity index (χ1) is 18.8. The molecule has 1 heterocycles. The Morgan fingerprint density at radius 1 is 0.974 bits per heavy atom. The van der Waals surface area contributed by atoms with E-state index in [9.17, 15) is 24.5 Å². The fourth-order valence-electron chi connectivity index (χ4n) is 4.72. The molecule has 39 heavy (non-hydrogen) atoms. The van der Waals surface area contributed by atoms with Gasteiger partial charge in [-0.1, -0.05) is 35.9 Å². The van der Waals surface area contributed by atoms with Crippen molar-refractivity contribution in [2.75, 3.05) is 25.1 Å². The zero-order valence-corrected chi connectivity index (χ0v) is 21.6. The van der Waals surface area contributed by atoms with Crippen LogP contribution in [0.2, 0.25) is 5.02 Å². The van der Waals surface area contributed by atoms with E-state index in [1.807, 2.05) is 12.1 Å². The number of nitrogens with zero attached hydrogens (tertiary/aromatic N) is 3. The number of non-ortho nitro benzene ring substituents is 1. The van der Waals surface area contributed by atoms with Gasteiger partial charge in [0.2, 0.25) is 0 Å². The first-order valence-electron chi connectivity index (χ1n) is 12.1. The lowest BCUT2D eigenvalue weighted by atomic mass is 9.94. The molecule has 0 atom stereocenters. The summed E-state index contributed by atoms with van der Waals surface area (Å²) < 4.78 is 5.22. The summed E-state index contributed by atoms with van der Waals surface area (Å²) in [4.78, 5) is 53.3. The monoisotopic (exact) mass is 543 g/mol. The number of nitro groups is 1. The van der Waals surface area contributed by atoms with Crippen LogP contribution in [0.1, 0.15) is 37.5 Å². The number of rotatable bonds is 8. The van der Waals surface area contributed by atoms with Gasteiger partial charge >= 0.3 is 0 Å². The van der Waals surface area contributed by atoms with E-state index >= 15 is 0 Å². The first-order valence-corrected chi connectivity index (χ1v) is 12.5. The van der Waals surface area contributed by atoms with Crippen LogP contribution in [-0.2, 0) is 0 Å². The molecule has 0 bridgehead atoms. The third-order valence-electron chi connectivity index (χ3n) is 6.64. The highest BCUT2D eigenvalue weighted by atomic mass is 35.5. The zero-order chi connectivity index (χ0) is 27.7. The van der Waals surface area contributed by atoms with E-state index in [1.165, 1.54) is 29.0 Å². The van der Waals surface area contributed by atoms with E-state index in [-0.39, 0.29) is 47.6 Å². The normalized spacial score (nSPS) is 12.5. The van der Waals surface area contributed by atoms with Crippen molar-refractivity contribution >= 4 is 51.5 Å². The highest BCUT2D eigenvalue weighted by molar-refractivity contribution is 6.34. The van der Waals surface area contributed by atoms with Crippen molar-refractivity contribution in [2.24, 2.45) is 0 Å². The van der Waals surface area contributed by atoms with Gasteiger partial charge in [0.15, 0.2) is 0 Å².